The lowest BCUT2D eigenvalue weighted by Crippen LogP contribution is -2.35. The van der Waals surface area contributed by atoms with E-state index in [0.717, 1.165) is 23.4 Å². The number of anilines is 3. The lowest BCUT2D eigenvalue weighted by atomic mass is 10.1. The first-order valence-electron chi connectivity index (χ1n) is 10.8. The van der Waals surface area contributed by atoms with Gasteiger partial charge in [-0.3, -0.25) is 19.2 Å². The van der Waals surface area contributed by atoms with Crippen LogP contribution in [0.3, 0.4) is 0 Å². The van der Waals surface area contributed by atoms with Gasteiger partial charge in [-0.1, -0.05) is 18.2 Å². The van der Waals surface area contributed by atoms with Crippen LogP contribution in [0.15, 0.2) is 72.8 Å². The molecule has 33 heavy (non-hydrogen) atoms. The fourth-order valence-corrected chi connectivity index (χ4v) is 4.22. The normalized spacial score (nSPS) is 15.6. The van der Waals surface area contributed by atoms with E-state index in [1.165, 1.54) is 0 Å². The molecule has 3 aromatic carbocycles. The van der Waals surface area contributed by atoms with Crippen LogP contribution in [0.5, 0.6) is 0 Å². The smallest absolute Gasteiger partial charge is 0.266 e. The highest BCUT2D eigenvalue weighted by molar-refractivity contribution is 6.34. The SMILES string of the molecule is O=C(Nc1cccc(N2C(=O)c3ccccc3C2=O)c1)c1ccc(N2CCCCC2=O)cc1. The van der Waals surface area contributed by atoms with Gasteiger partial charge < -0.3 is 10.2 Å². The van der Waals surface area contributed by atoms with Crippen molar-refractivity contribution in [1.82, 2.24) is 0 Å². The molecule has 0 atom stereocenters. The molecule has 2 aliphatic rings. The summed E-state index contributed by atoms with van der Waals surface area (Å²) in [6.45, 7) is 0.689. The Labute approximate surface area is 190 Å². The van der Waals surface area contributed by atoms with Gasteiger partial charge in [-0.15, -0.1) is 0 Å². The third-order valence-electron chi connectivity index (χ3n) is 5.92. The summed E-state index contributed by atoms with van der Waals surface area (Å²) in [5.41, 5.74) is 2.80. The molecule has 7 heteroatoms. The lowest BCUT2D eigenvalue weighted by molar-refractivity contribution is -0.119. The Morgan fingerprint density at radius 2 is 1.45 bits per heavy atom. The van der Waals surface area contributed by atoms with E-state index in [1.54, 1.807) is 77.7 Å². The molecule has 1 N–H and O–H groups in total. The Bertz CT molecular complexity index is 1250. The van der Waals surface area contributed by atoms with Crippen molar-refractivity contribution in [2.45, 2.75) is 19.3 Å². The number of carbonyl (C=O) groups is 4. The van der Waals surface area contributed by atoms with Crippen LogP contribution in [0.2, 0.25) is 0 Å². The molecule has 0 aromatic heterocycles. The van der Waals surface area contributed by atoms with Crippen molar-refractivity contribution in [3.05, 3.63) is 89.5 Å². The van der Waals surface area contributed by atoms with Crippen LogP contribution < -0.4 is 15.1 Å². The maximum Gasteiger partial charge on any atom is 0.266 e. The van der Waals surface area contributed by atoms with Crippen molar-refractivity contribution in [2.75, 3.05) is 21.7 Å². The number of fused-ring (bicyclic) bond motifs is 1. The standard InChI is InChI=1S/C26H21N3O4/c30-23-10-3-4-15-28(23)19-13-11-17(12-14-19)24(31)27-18-6-5-7-20(16-18)29-25(32)21-8-1-2-9-22(21)26(29)33/h1-2,5-9,11-14,16H,3-4,10,15H2,(H,27,31). The zero-order valence-corrected chi connectivity index (χ0v) is 17.8. The van der Waals surface area contributed by atoms with Crippen LogP contribution in [0.1, 0.15) is 50.3 Å². The minimum atomic E-state index is -0.387. The maximum atomic E-state index is 12.8. The minimum absolute atomic E-state index is 0.100. The molecule has 0 saturated carbocycles. The number of piperidine rings is 1. The van der Waals surface area contributed by atoms with E-state index < -0.39 is 0 Å². The van der Waals surface area contributed by atoms with Crippen molar-refractivity contribution in [3.8, 4) is 0 Å². The molecule has 7 nitrogen and oxygen atoms in total. The number of carbonyl (C=O) groups excluding carboxylic acids is 4. The van der Waals surface area contributed by atoms with Crippen LogP contribution in [0.25, 0.3) is 0 Å². The van der Waals surface area contributed by atoms with Gasteiger partial charge >= 0.3 is 0 Å². The first kappa shape index (κ1) is 20.6. The summed E-state index contributed by atoms with van der Waals surface area (Å²) in [5, 5.41) is 2.81. The van der Waals surface area contributed by atoms with E-state index in [0.29, 0.717) is 41.0 Å². The molecule has 0 bridgehead atoms. The summed E-state index contributed by atoms with van der Waals surface area (Å²) in [6, 6.07) is 20.2. The van der Waals surface area contributed by atoms with Crippen LogP contribution >= 0.6 is 0 Å². The summed E-state index contributed by atoms with van der Waals surface area (Å²) in [4.78, 5) is 53.2. The summed E-state index contributed by atoms with van der Waals surface area (Å²) in [7, 11) is 0. The minimum Gasteiger partial charge on any atom is -0.322 e. The molecule has 1 saturated heterocycles. The number of hydrogen-bond acceptors (Lipinski definition) is 4. The molecule has 2 aliphatic heterocycles. The van der Waals surface area contributed by atoms with Crippen LogP contribution in [0, 0.1) is 0 Å². The van der Waals surface area contributed by atoms with Gasteiger partial charge in [-0.05, 0) is 67.4 Å². The Morgan fingerprint density at radius 3 is 2.12 bits per heavy atom. The number of imide groups is 1. The number of amides is 4. The Balaban J connectivity index is 1.32. The van der Waals surface area contributed by atoms with Gasteiger partial charge in [-0.25, -0.2) is 4.90 Å². The van der Waals surface area contributed by atoms with Gasteiger partial charge in [0.2, 0.25) is 5.91 Å². The molecule has 4 amide bonds. The zero-order chi connectivity index (χ0) is 22.9. The summed E-state index contributed by atoms with van der Waals surface area (Å²) in [6.07, 6.45) is 2.43. The van der Waals surface area contributed by atoms with E-state index in [9.17, 15) is 19.2 Å². The van der Waals surface area contributed by atoms with Crippen molar-refractivity contribution in [2.24, 2.45) is 0 Å². The van der Waals surface area contributed by atoms with Crippen LogP contribution in [-0.4, -0.2) is 30.2 Å². The van der Waals surface area contributed by atoms with Crippen LogP contribution in [-0.2, 0) is 4.79 Å². The van der Waals surface area contributed by atoms with E-state index in [-0.39, 0.29) is 23.6 Å². The average Bonchev–Trinajstić information content (AvgIpc) is 3.10. The van der Waals surface area contributed by atoms with Gasteiger partial charge in [0.05, 0.1) is 16.8 Å². The summed E-state index contributed by atoms with van der Waals surface area (Å²) < 4.78 is 0. The largest absolute Gasteiger partial charge is 0.322 e. The third kappa shape index (κ3) is 3.78. The topological polar surface area (TPSA) is 86.8 Å². The van der Waals surface area contributed by atoms with Gasteiger partial charge in [0.15, 0.2) is 0 Å². The van der Waals surface area contributed by atoms with Gasteiger partial charge in [0.25, 0.3) is 17.7 Å². The van der Waals surface area contributed by atoms with E-state index in [1.807, 2.05) is 0 Å². The van der Waals surface area contributed by atoms with Crippen LogP contribution in [0.4, 0.5) is 17.1 Å². The first-order valence-corrected chi connectivity index (χ1v) is 10.8. The number of benzene rings is 3. The monoisotopic (exact) mass is 439 g/mol. The van der Waals surface area contributed by atoms with Gasteiger partial charge in [0, 0.05) is 29.9 Å². The van der Waals surface area contributed by atoms with Gasteiger partial charge in [-0.2, -0.15) is 0 Å². The highest BCUT2D eigenvalue weighted by atomic mass is 16.2. The molecule has 5 rings (SSSR count). The maximum absolute atomic E-state index is 12.8. The molecule has 0 spiro atoms. The lowest BCUT2D eigenvalue weighted by Gasteiger charge is -2.26. The fourth-order valence-electron chi connectivity index (χ4n) is 4.22. The van der Waals surface area contributed by atoms with Gasteiger partial charge in [0.1, 0.15) is 0 Å². The fraction of sp³-hybridized carbons (Fsp3) is 0.154. The predicted molar refractivity (Wildman–Crippen MR) is 125 cm³/mol. The molecule has 3 aromatic rings. The van der Waals surface area contributed by atoms with Crippen molar-refractivity contribution in [3.63, 3.8) is 0 Å². The molecule has 164 valence electrons. The zero-order valence-electron chi connectivity index (χ0n) is 17.8. The highest BCUT2D eigenvalue weighted by Crippen LogP contribution is 2.30. The third-order valence-corrected chi connectivity index (χ3v) is 5.92. The molecular formula is C26H21N3O4. The van der Waals surface area contributed by atoms with E-state index in [2.05, 4.69) is 5.32 Å². The Morgan fingerprint density at radius 1 is 0.758 bits per heavy atom. The highest BCUT2D eigenvalue weighted by Gasteiger charge is 2.36. The number of nitrogens with one attached hydrogen (secondary N) is 1. The second kappa shape index (κ2) is 8.35. The predicted octanol–water partition coefficient (Wildman–Crippen LogP) is 4.26. The molecule has 0 aliphatic carbocycles. The van der Waals surface area contributed by atoms with E-state index in [4.69, 9.17) is 0 Å². The van der Waals surface area contributed by atoms with Crippen molar-refractivity contribution < 1.29 is 19.2 Å². The Kier molecular flexibility index (Phi) is 5.22. The number of hydrogen-bond donors (Lipinski definition) is 1. The Hall–Kier alpha value is -4.26. The molecule has 0 unspecified atom stereocenters. The molecule has 1 fully saturated rings. The van der Waals surface area contributed by atoms with E-state index >= 15 is 0 Å². The quantitative estimate of drug-likeness (QED) is 0.616. The molecule has 2 heterocycles. The van der Waals surface area contributed by atoms with Crippen molar-refractivity contribution >= 4 is 40.7 Å². The number of rotatable bonds is 4. The van der Waals surface area contributed by atoms with Crippen molar-refractivity contribution in [1.29, 1.82) is 0 Å². The second-order valence-electron chi connectivity index (χ2n) is 8.05. The number of nitrogens with zero attached hydrogens (tertiary/aromatic N) is 2. The first-order chi connectivity index (χ1) is 16.0. The second-order valence-corrected chi connectivity index (χ2v) is 8.05. The molecular weight excluding hydrogens is 418 g/mol. The summed E-state index contributed by atoms with van der Waals surface area (Å²) in [5.74, 6) is -1.00. The summed E-state index contributed by atoms with van der Waals surface area (Å²) >= 11 is 0. The average molecular weight is 439 g/mol. The molecule has 0 radical (unpaired) electrons.